The summed E-state index contributed by atoms with van der Waals surface area (Å²) in [4.78, 5) is 0. The molecule has 0 N–H and O–H groups in total. The zero-order chi connectivity index (χ0) is 26.0. The second-order valence-corrected chi connectivity index (χ2v) is 26.9. The molecular formula is C26H60O4Si2Ti. The van der Waals surface area contributed by atoms with Gasteiger partial charge in [-0.2, -0.15) is 0 Å². The summed E-state index contributed by atoms with van der Waals surface area (Å²) >= 11 is -4.09. The van der Waals surface area contributed by atoms with Crippen LogP contribution in [0.5, 0.6) is 0 Å². The van der Waals surface area contributed by atoms with Crippen molar-refractivity contribution < 1.29 is 30.8 Å². The van der Waals surface area contributed by atoms with Gasteiger partial charge in [-0.1, -0.05) is 0 Å². The predicted octanol–water partition coefficient (Wildman–Crippen LogP) is 9.82. The van der Waals surface area contributed by atoms with E-state index in [0.717, 1.165) is 25.7 Å². The molecule has 0 aliphatic rings. The number of unbranched alkanes of at least 4 members (excludes halogenated alkanes) is 2. The maximum absolute atomic E-state index is 7.50. The molecule has 33 heavy (non-hydrogen) atoms. The van der Waals surface area contributed by atoms with Crippen LogP contribution in [-0.4, -0.2) is 29.8 Å². The summed E-state index contributed by atoms with van der Waals surface area (Å²) in [5, 5.41) is 0. The van der Waals surface area contributed by atoms with Crippen LogP contribution in [0.2, 0.25) is 33.2 Å². The molecular weight excluding hydrogens is 480 g/mol. The summed E-state index contributed by atoms with van der Waals surface area (Å²) < 4.78 is 28.6. The third kappa shape index (κ3) is 8.52. The van der Waals surface area contributed by atoms with Gasteiger partial charge in [-0.3, -0.25) is 0 Å². The van der Waals surface area contributed by atoms with Crippen LogP contribution in [0.4, 0.5) is 0 Å². The zero-order valence-corrected chi connectivity index (χ0v) is 28.4. The summed E-state index contributed by atoms with van der Waals surface area (Å²) in [5.74, 6) is 0. The molecule has 0 atom stereocenters. The molecule has 0 unspecified atom stereocenters. The van der Waals surface area contributed by atoms with Crippen LogP contribution in [0.15, 0.2) is 0 Å². The standard InChI is InChI=1S/2C9H21OSi.2C4H9O.Ti/c2*1-7(2)11(10,8(3)4)9(5)6;2*1-2-3-4-5;/h2*7-9H,1-6H3;2*2-4H2,1H3;/q4*-1;+4. The molecule has 7 heteroatoms. The second kappa shape index (κ2) is 15.3. The molecule has 0 saturated heterocycles. The van der Waals surface area contributed by atoms with Gasteiger partial charge < -0.3 is 0 Å². The Morgan fingerprint density at radius 1 is 0.485 bits per heavy atom. The molecule has 0 amide bonds. The summed E-state index contributed by atoms with van der Waals surface area (Å²) in [6.45, 7) is 33.9. The van der Waals surface area contributed by atoms with E-state index in [-0.39, 0.29) is 0 Å². The Kier molecular flexibility index (Phi) is 15.7. The molecule has 4 nitrogen and oxygen atoms in total. The zero-order valence-electron chi connectivity index (χ0n) is 24.8. The number of hydrogen-bond acceptors (Lipinski definition) is 4. The van der Waals surface area contributed by atoms with Gasteiger partial charge in [0.05, 0.1) is 0 Å². The van der Waals surface area contributed by atoms with E-state index in [2.05, 4.69) is 96.9 Å². The van der Waals surface area contributed by atoms with E-state index in [1.54, 1.807) is 0 Å². The summed E-state index contributed by atoms with van der Waals surface area (Å²) in [7, 11) is -4.51. The quantitative estimate of drug-likeness (QED) is 0.128. The first-order valence-electron chi connectivity index (χ1n) is 13.9. The Bertz CT molecular complexity index is 435. The van der Waals surface area contributed by atoms with Crippen molar-refractivity contribution >= 4 is 16.6 Å². The molecule has 0 aromatic carbocycles. The molecule has 0 saturated carbocycles. The maximum atomic E-state index is 7.50. The average Bonchev–Trinajstić information content (AvgIpc) is 2.69. The molecule has 0 fully saturated rings. The Morgan fingerprint density at radius 3 is 0.909 bits per heavy atom. The van der Waals surface area contributed by atoms with E-state index < -0.39 is 34.8 Å². The topological polar surface area (TPSA) is 36.9 Å². The molecule has 0 aliphatic heterocycles. The van der Waals surface area contributed by atoms with Gasteiger partial charge in [-0.25, -0.2) is 0 Å². The Hall–Kier alpha value is 0.988. The van der Waals surface area contributed by atoms with Crippen molar-refractivity contribution in [1.82, 2.24) is 0 Å². The molecule has 0 spiro atoms. The van der Waals surface area contributed by atoms with Crippen LogP contribution in [0.3, 0.4) is 0 Å². The Balaban J connectivity index is 6.86. The number of hydrogen-bond donors (Lipinski definition) is 0. The molecule has 0 radical (unpaired) electrons. The van der Waals surface area contributed by atoms with E-state index in [9.17, 15) is 0 Å². The molecule has 0 aliphatic carbocycles. The molecule has 0 rings (SSSR count). The number of rotatable bonds is 18. The van der Waals surface area contributed by atoms with Gasteiger partial charge in [0.15, 0.2) is 0 Å². The monoisotopic (exact) mass is 540 g/mol. The third-order valence-corrected chi connectivity index (χ3v) is 27.0. The van der Waals surface area contributed by atoms with Crippen molar-refractivity contribution in [2.24, 2.45) is 0 Å². The van der Waals surface area contributed by atoms with Gasteiger partial charge in [-0.05, 0) is 0 Å². The van der Waals surface area contributed by atoms with E-state index in [0.29, 0.717) is 46.5 Å². The fraction of sp³-hybridized carbons (Fsp3) is 1.00. The van der Waals surface area contributed by atoms with Crippen LogP contribution in [0, 0.1) is 0 Å². The molecule has 0 aromatic heterocycles. The van der Waals surface area contributed by atoms with Crippen molar-refractivity contribution in [3.63, 3.8) is 0 Å². The van der Waals surface area contributed by atoms with Gasteiger partial charge in [-0.15, -0.1) is 0 Å². The summed E-state index contributed by atoms with van der Waals surface area (Å²) in [5.41, 5.74) is 2.77. The van der Waals surface area contributed by atoms with E-state index in [1.165, 1.54) is 0 Å². The van der Waals surface area contributed by atoms with Gasteiger partial charge >= 0.3 is 217 Å². The van der Waals surface area contributed by atoms with Crippen LogP contribution in [-0.2, 0) is 30.8 Å². The fourth-order valence-corrected chi connectivity index (χ4v) is 30.4. The molecule has 0 aromatic rings. The van der Waals surface area contributed by atoms with Crippen molar-refractivity contribution in [1.29, 1.82) is 0 Å². The van der Waals surface area contributed by atoms with E-state index in [1.807, 2.05) is 0 Å². The van der Waals surface area contributed by atoms with Crippen LogP contribution in [0.25, 0.3) is 0 Å². The van der Waals surface area contributed by atoms with Gasteiger partial charge in [0.2, 0.25) is 0 Å². The first-order valence-corrected chi connectivity index (χ1v) is 20.7. The van der Waals surface area contributed by atoms with Gasteiger partial charge in [0.1, 0.15) is 0 Å². The summed E-state index contributed by atoms with van der Waals surface area (Å²) in [6, 6.07) is 0. The van der Waals surface area contributed by atoms with Gasteiger partial charge in [0, 0.05) is 0 Å². The minimum atomic E-state index is -4.09. The Labute approximate surface area is 215 Å². The van der Waals surface area contributed by atoms with Crippen molar-refractivity contribution in [2.75, 3.05) is 13.2 Å². The molecule has 0 heterocycles. The SMILES string of the molecule is CCCC[O][Ti]([O]CCCC)([O][Si](C(C)C)(C(C)C)C(C)C)[O][Si](C(C)C)(C(C)C)C(C)C. The van der Waals surface area contributed by atoms with Crippen molar-refractivity contribution in [3.05, 3.63) is 0 Å². The van der Waals surface area contributed by atoms with Crippen LogP contribution < -0.4 is 0 Å². The summed E-state index contributed by atoms with van der Waals surface area (Å²) in [6.07, 6.45) is 4.21. The van der Waals surface area contributed by atoms with Crippen LogP contribution >= 0.6 is 0 Å². The van der Waals surface area contributed by atoms with Crippen molar-refractivity contribution in [2.45, 2.75) is 156 Å². The predicted molar refractivity (Wildman–Crippen MR) is 146 cm³/mol. The molecule has 0 bridgehead atoms. The van der Waals surface area contributed by atoms with Crippen molar-refractivity contribution in [3.8, 4) is 0 Å². The fourth-order valence-electron chi connectivity index (χ4n) is 6.00. The Morgan fingerprint density at radius 2 is 0.727 bits per heavy atom. The van der Waals surface area contributed by atoms with Crippen LogP contribution in [0.1, 0.15) is 123 Å². The average molecular weight is 541 g/mol. The normalized spacial score (nSPS) is 14.2. The minimum absolute atomic E-state index is 0.462. The first kappa shape index (κ1) is 34.0. The van der Waals surface area contributed by atoms with Gasteiger partial charge in [0.25, 0.3) is 0 Å². The van der Waals surface area contributed by atoms with E-state index >= 15 is 0 Å². The second-order valence-electron chi connectivity index (χ2n) is 11.7. The van der Waals surface area contributed by atoms with E-state index in [4.69, 9.17) is 12.7 Å². The third-order valence-electron chi connectivity index (χ3n) is 7.57. The molecule has 200 valence electrons. The first-order chi connectivity index (χ1) is 15.2.